The molecule has 1 fully saturated rings. The van der Waals surface area contributed by atoms with Gasteiger partial charge in [0.1, 0.15) is 11.6 Å². The van der Waals surface area contributed by atoms with Crippen molar-refractivity contribution in [3.05, 3.63) is 83.7 Å². The average Bonchev–Trinajstić information content (AvgIpc) is 3.44. The van der Waals surface area contributed by atoms with Gasteiger partial charge in [-0.3, -0.25) is 9.78 Å². The van der Waals surface area contributed by atoms with E-state index in [9.17, 15) is 9.18 Å². The number of likely N-dealkylation sites (tertiary alicyclic amines) is 1. The number of halogens is 1. The summed E-state index contributed by atoms with van der Waals surface area (Å²) in [4.78, 5) is 27.5. The summed E-state index contributed by atoms with van der Waals surface area (Å²) in [5.74, 6) is 0.502. The lowest BCUT2D eigenvalue weighted by atomic mass is 10.0. The fourth-order valence-corrected chi connectivity index (χ4v) is 4.56. The molecule has 0 saturated carbocycles. The third-order valence-corrected chi connectivity index (χ3v) is 6.06. The van der Waals surface area contributed by atoms with Gasteiger partial charge in [0.25, 0.3) is 0 Å². The first-order valence-corrected chi connectivity index (χ1v) is 11.0. The number of nitrogens with one attached hydrogen (secondary N) is 1. The lowest BCUT2D eigenvalue weighted by molar-refractivity contribution is -0.132. The van der Waals surface area contributed by atoms with E-state index in [1.165, 1.54) is 12.1 Å². The van der Waals surface area contributed by atoms with Gasteiger partial charge in [-0.2, -0.15) is 0 Å². The van der Waals surface area contributed by atoms with E-state index >= 15 is 0 Å². The molecular formula is C26H25FN4O. The minimum Gasteiger partial charge on any atom is -0.342 e. The number of aromatic amines is 1. The Hall–Kier alpha value is -3.54. The molecule has 5 nitrogen and oxygen atoms in total. The van der Waals surface area contributed by atoms with Crippen LogP contribution >= 0.6 is 0 Å². The minimum atomic E-state index is -0.302. The summed E-state index contributed by atoms with van der Waals surface area (Å²) in [6, 6.07) is 18.9. The summed E-state index contributed by atoms with van der Waals surface area (Å²) < 4.78 is 13.4. The van der Waals surface area contributed by atoms with Crippen LogP contribution in [-0.4, -0.2) is 32.3 Å². The smallest absolute Gasteiger partial charge is 0.223 e. The molecule has 3 heterocycles. The average molecular weight is 429 g/mol. The maximum absolute atomic E-state index is 13.4. The number of H-pyrrole nitrogens is 1. The molecule has 2 aromatic carbocycles. The highest BCUT2D eigenvalue weighted by atomic mass is 19.1. The molecule has 0 radical (unpaired) electrons. The first kappa shape index (κ1) is 20.4. The van der Waals surface area contributed by atoms with Gasteiger partial charge in [-0.25, -0.2) is 9.37 Å². The monoisotopic (exact) mass is 428 g/mol. The number of pyridine rings is 1. The predicted molar refractivity (Wildman–Crippen MR) is 122 cm³/mol. The van der Waals surface area contributed by atoms with Crippen molar-refractivity contribution in [1.82, 2.24) is 19.9 Å². The number of rotatable bonds is 5. The predicted octanol–water partition coefficient (Wildman–Crippen LogP) is 5.37. The highest BCUT2D eigenvalue weighted by Gasteiger charge is 2.31. The third-order valence-electron chi connectivity index (χ3n) is 6.06. The van der Waals surface area contributed by atoms with Crippen LogP contribution < -0.4 is 0 Å². The Morgan fingerprint density at radius 1 is 1.09 bits per heavy atom. The maximum atomic E-state index is 13.4. The van der Waals surface area contributed by atoms with Crippen LogP contribution in [0.25, 0.3) is 22.2 Å². The van der Waals surface area contributed by atoms with Crippen molar-refractivity contribution < 1.29 is 9.18 Å². The number of hydrogen-bond acceptors (Lipinski definition) is 3. The van der Waals surface area contributed by atoms with Crippen molar-refractivity contribution in [3.63, 3.8) is 0 Å². The van der Waals surface area contributed by atoms with Crippen molar-refractivity contribution in [3.8, 4) is 11.1 Å². The van der Waals surface area contributed by atoms with E-state index in [1.54, 1.807) is 6.07 Å². The first-order chi connectivity index (χ1) is 15.6. The number of carbonyl (C=O) groups is 1. The van der Waals surface area contributed by atoms with Crippen LogP contribution in [-0.2, 0) is 11.2 Å². The molecule has 0 bridgehead atoms. The summed E-state index contributed by atoms with van der Waals surface area (Å²) in [5, 5.41) is 0. The highest BCUT2D eigenvalue weighted by Crippen LogP contribution is 2.34. The Bertz CT molecular complexity index is 1270. The van der Waals surface area contributed by atoms with Gasteiger partial charge in [0, 0.05) is 25.1 Å². The first-order valence-electron chi connectivity index (χ1n) is 11.0. The van der Waals surface area contributed by atoms with Gasteiger partial charge in [0.2, 0.25) is 5.91 Å². The van der Waals surface area contributed by atoms with E-state index in [-0.39, 0.29) is 17.8 Å². The van der Waals surface area contributed by atoms with E-state index in [0.717, 1.165) is 41.9 Å². The molecule has 162 valence electrons. The Morgan fingerprint density at radius 2 is 1.94 bits per heavy atom. The third kappa shape index (κ3) is 4.13. The van der Waals surface area contributed by atoms with Crippen molar-refractivity contribution in [2.45, 2.75) is 38.6 Å². The maximum Gasteiger partial charge on any atom is 0.223 e. The summed E-state index contributed by atoms with van der Waals surface area (Å²) in [5.41, 5.74) is 5.55. The summed E-state index contributed by atoms with van der Waals surface area (Å²) in [7, 11) is 0. The molecule has 0 spiro atoms. The molecule has 1 saturated heterocycles. The molecular weight excluding hydrogens is 403 g/mol. The molecule has 5 rings (SSSR count). The summed E-state index contributed by atoms with van der Waals surface area (Å²) in [6.45, 7) is 2.74. The van der Waals surface area contributed by atoms with E-state index in [2.05, 4.69) is 34.2 Å². The van der Waals surface area contributed by atoms with Gasteiger partial charge >= 0.3 is 0 Å². The van der Waals surface area contributed by atoms with Crippen molar-refractivity contribution in [2.24, 2.45) is 0 Å². The number of nitrogens with zero attached hydrogens (tertiary/aromatic N) is 3. The largest absolute Gasteiger partial charge is 0.342 e. The number of aromatic nitrogens is 3. The van der Waals surface area contributed by atoms with E-state index in [4.69, 9.17) is 4.98 Å². The lowest BCUT2D eigenvalue weighted by Crippen LogP contribution is -2.31. The number of aryl methyl sites for hydroxylation is 2. The zero-order valence-corrected chi connectivity index (χ0v) is 18.0. The summed E-state index contributed by atoms with van der Waals surface area (Å²) in [6.07, 6.45) is 2.74. The number of carbonyl (C=O) groups excluding carboxylic acids is 1. The van der Waals surface area contributed by atoms with Gasteiger partial charge in [0.05, 0.1) is 22.8 Å². The molecule has 32 heavy (non-hydrogen) atoms. The van der Waals surface area contributed by atoms with Crippen molar-refractivity contribution in [2.75, 3.05) is 6.54 Å². The quantitative estimate of drug-likeness (QED) is 0.465. The Morgan fingerprint density at radius 3 is 2.78 bits per heavy atom. The van der Waals surface area contributed by atoms with Crippen molar-refractivity contribution in [1.29, 1.82) is 0 Å². The number of amides is 1. The molecule has 4 aromatic rings. The van der Waals surface area contributed by atoms with E-state index < -0.39 is 0 Å². The van der Waals surface area contributed by atoms with Gasteiger partial charge in [-0.15, -0.1) is 0 Å². The van der Waals surface area contributed by atoms with Crippen LogP contribution in [0.4, 0.5) is 4.39 Å². The van der Waals surface area contributed by atoms with Gasteiger partial charge in [-0.1, -0.05) is 30.3 Å². The SMILES string of the molecule is Cc1cc(-c2ccccc2)cc(C2CCCN2C(=O)CCc2nc3ccc(F)cc3[nH]2)n1. The van der Waals surface area contributed by atoms with Crippen LogP contribution in [0, 0.1) is 12.7 Å². The number of fused-ring (bicyclic) bond motifs is 1. The number of benzene rings is 2. The van der Waals surface area contributed by atoms with E-state index in [0.29, 0.717) is 29.7 Å². The molecule has 1 N–H and O–H groups in total. The molecule has 1 unspecified atom stereocenters. The Kier molecular flexibility index (Phi) is 5.43. The van der Waals surface area contributed by atoms with Crippen LogP contribution in [0.2, 0.25) is 0 Å². The van der Waals surface area contributed by atoms with Crippen molar-refractivity contribution >= 4 is 16.9 Å². The van der Waals surface area contributed by atoms with Gasteiger partial charge < -0.3 is 9.88 Å². The minimum absolute atomic E-state index is 0.00497. The zero-order chi connectivity index (χ0) is 22.1. The number of hydrogen-bond donors (Lipinski definition) is 1. The Balaban J connectivity index is 1.32. The normalized spacial score (nSPS) is 16.1. The molecule has 1 atom stereocenters. The van der Waals surface area contributed by atoms with E-state index in [1.807, 2.05) is 30.0 Å². The van der Waals surface area contributed by atoms with Gasteiger partial charge in [0.15, 0.2) is 0 Å². The second kappa shape index (κ2) is 8.54. The van der Waals surface area contributed by atoms with Crippen LogP contribution in [0.3, 0.4) is 0 Å². The van der Waals surface area contributed by atoms with Crippen LogP contribution in [0.1, 0.15) is 42.5 Å². The zero-order valence-electron chi connectivity index (χ0n) is 18.0. The molecule has 1 aliphatic rings. The topological polar surface area (TPSA) is 61.9 Å². The lowest BCUT2D eigenvalue weighted by Gasteiger charge is -2.25. The fourth-order valence-electron chi connectivity index (χ4n) is 4.56. The fraction of sp³-hybridized carbons (Fsp3) is 0.269. The molecule has 2 aromatic heterocycles. The second-order valence-corrected chi connectivity index (χ2v) is 8.38. The molecule has 6 heteroatoms. The molecule has 1 amide bonds. The second-order valence-electron chi connectivity index (χ2n) is 8.38. The molecule has 0 aliphatic carbocycles. The summed E-state index contributed by atoms with van der Waals surface area (Å²) >= 11 is 0. The Labute approximate surface area is 186 Å². The number of imidazole rings is 1. The standard InChI is InChI=1S/C26H25FN4O/c1-17-14-19(18-6-3-2-4-7-18)15-23(28-17)24-8-5-13-31(24)26(32)12-11-25-29-21-10-9-20(27)16-22(21)30-25/h2-4,6-7,9-10,14-16,24H,5,8,11-13H2,1H3,(H,29,30). The van der Waals surface area contributed by atoms with Gasteiger partial charge in [-0.05, 0) is 61.2 Å². The highest BCUT2D eigenvalue weighted by molar-refractivity contribution is 5.78. The molecule has 1 aliphatic heterocycles. The van der Waals surface area contributed by atoms with Crippen LogP contribution in [0.15, 0.2) is 60.7 Å². The van der Waals surface area contributed by atoms with Crippen LogP contribution in [0.5, 0.6) is 0 Å².